The lowest BCUT2D eigenvalue weighted by Gasteiger charge is -2.26. The van der Waals surface area contributed by atoms with E-state index >= 15 is 0 Å². The molecule has 0 radical (unpaired) electrons. The number of nitrogens with zero attached hydrogens (tertiary/aromatic N) is 4. The molecular formula is C24H26N4O3. The molecule has 31 heavy (non-hydrogen) atoms. The normalized spacial score (nSPS) is 18.5. The van der Waals surface area contributed by atoms with E-state index in [4.69, 9.17) is 0 Å². The average Bonchev–Trinajstić information content (AvgIpc) is 3.20. The molecule has 1 saturated heterocycles. The molecule has 1 atom stereocenters. The van der Waals surface area contributed by atoms with Crippen LogP contribution in [0.1, 0.15) is 28.6 Å². The van der Waals surface area contributed by atoms with Gasteiger partial charge < -0.3 is 14.9 Å². The van der Waals surface area contributed by atoms with Crippen LogP contribution in [0, 0.1) is 13.8 Å². The number of hydrogen-bond donors (Lipinski definition) is 1. The van der Waals surface area contributed by atoms with E-state index in [2.05, 4.69) is 4.98 Å². The van der Waals surface area contributed by atoms with Crippen LogP contribution in [0.25, 0.3) is 11.4 Å². The molecule has 7 heteroatoms. The van der Waals surface area contributed by atoms with Gasteiger partial charge in [0.1, 0.15) is 11.3 Å². The summed E-state index contributed by atoms with van der Waals surface area (Å²) in [7, 11) is 3.83. The first-order valence-electron chi connectivity index (χ1n) is 10.2. The predicted octanol–water partition coefficient (Wildman–Crippen LogP) is 2.93. The minimum atomic E-state index is -0.674. The zero-order valence-corrected chi connectivity index (χ0v) is 18.2. The van der Waals surface area contributed by atoms with Crippen molar-refractivity contribution in [3.8, 4) is 0 Å². The third kappa shape index (κ3) is 3.61. The van der Waals surface area contributed by atoms with E-state index in [1.54, 1.807) is 22.4 Å². The van der Waals surface area contributed by atoms with Gasteiger partial charge in [0.05, 0.1) is 17.3 Å². The Kier molecular flexibility index (Phi) is 5.37. The highest BCUT2D eigenvalue weighted by molar-refractivity contribution is 6.46. The summed E-state index contributed by atoms with van der Waals surface area (Å²) in [6.07, 6.45) is 1.79. The molecule has 4 rings (SSSR count). The van der Waals surface area contributed by atoms with Crippen LogP contribution in [-0.2, 0) is 9.59 Å². The second kappa shape index (κ2) is 8.00. The van der Waals surface area contributed by atoms with E-state index in [0.29, 0.717) is 30.1 Å². The Bertz CT molecular complexity index is 1190. The van der Waals surface area contributed by atoms with Crippen LogP contribution < -0.4 is 0 Å². The fourth-order valence-corrected chi connectivity index (χ4v) is 4.04. The van der Waals surface area contributed by atoms with Crippen molar-refractivity contribution < 1.29 is 14.7 Å². The summed E-state index contributed by atoms with van der Waals surface area (Å²) < 4.78 is 1.74. The first-order chi connectivity index (χ1) is 14.8. The first-order valence-corrected chi connectivity index (χ1v) is 10.2. The Morgan fingerprint density at radius 3 is 2.48 bits per heavy atom. The number of aliphatic hydroxyl groups is 1. The van der Waals surface area contributed by atoms with Crippen molar-refractivity contribution in [3.05, 3.63) is 76.7 Å². The van der Waals surface area contributed by atoms with Gasteiger partial charge in [-0.2, -0.15) is 0 Å². The standard InChI is InChI=1S/C24H26N4O3/c1-15-8-10-17(11-9-15)21-19(23(30)24(31)28(21)14-13-26(3)4)22(29)20-16(2)25-18-7-5-6-12-27(18)20/h5-12,21,29H,13-14H2,1-4H3/t21-/m1/s1. The summed E-state index contributed by atoms with van der Waals surface area (Å²) in [5.74, 6) is -1.47. The van der Waals surface area contributed by atoms with E-state index < -0.39 is 17.7 Å². The molecule has 0 spiro atoms. The molecule has 1 amide bonds. The Morgan fingerprint density at radius 2 is 1.81 bits per heavy atom. The van der Waals surface area contributed by atoms with Crippen LogP contribution in [0.2, 0.25) is 0 Å². The van der Waals surface area contributed by atoms with Crippen molar-refractivity contribution in [2.24, 2.45) is 0 Å². The van der Waals surface area contributed by atoms with E-state index in [1.165, 1.54) is 0 Å². The first kappa shape index (κ1) is 20.8. The van der Waals surface area contributed by atoms with Crippen molar-refractivity contribution in [3.63, 3.8) is 0 Å². The monoisotopic (exact) mass is 418 g/mol. The van der Waals surface area contributed by atoms with Crippen LogP contribution in [0.5, 0.6) is 0 Å². The second-order valence-corrected chi connectivity index (χ2v) is 8.18. The van der Waals surface area contributed by atoms with Gasteiger partial charge in [-0.1, -0.05) is 35.9 Å². The van der Waals surface area contributed by atoms with Gasteiger partial charge in [0, 0.05) is 19.3 Å². The molecule has 1 aliphatic rings. The third-order valence-corrected chi connectivity index (χ3v) is 5.65. The predicted molar refractivity (Wildman–Crippen MR) is 119 cm³/mol. The molecular weight excluding hydrogens is 392 g/mol. The Morgan fingerprint density at radius 1 is 1.10 bits per heavy atom. The molecule has 0 saturated carbocycles. The summed E-state index contributed by atoms with van der Waals surface area (Å²) in [6, 6.07) is 12.6. The van der Waals surface area contributed by atoms with E-state index in [0.717, 1.165) is 11.1 Å². The zero-order chi connectivity index (χ0) is 22.3. The quantitative estimate of drug-likeness (QED) is 0.392. The fourth-order valence-electron chi connectivity index (χ4n) is 4.04. The summed E-state index contributed by atoms with van der Waals surface area (Å²) in [4.78, 5) is 34.1. The molecule has 1 aromatic carbocycles. The highest BCUT2D eigenvalue weighted by atomic mass is 16.3. The van der Waals surface area contributed by atoms with Gasteiger partial charge in [-0.3, -0.25) is 14.0 Å². The van der Waals surface area contributed by atoms with Crippen molar-refractivity contribution >= 4 is 23.1 Å². The van der Waals surface area contributed by atoms with Crippen LogP contribution in [0.15, 0.2) is 54.2 Å². The summed E-state index contributed by atoms with van der Waals surface area (Å²) in [6.45, 7) is 4.74. The van der Waals surface area contributed by atoms with Gasteiger partial charge >= 0.3 is 0 Å². The largest absolute Gasteiger partial charge is 0.505 e. The molecule has 2 aromatic heterocycles. The topological polar surface area (TPSA) is 78.1 Å². The Balaban J connectivity index is 1.92. The van der Waals surface area contributed by atoms with Crippen molar-refractivity contribution in [1.82, 2.24) is 19.2 Å². The Hall–Kier alpha value is -3.45. The van der Waals surface area contributed by atoms with Gasteiger partial charge in [-0.05, 0) is 45.6 Å². The molecule has 0 aliphatic carbocycles. The fraction of sp³-hybridized carbons (Fsp3) is 0.292. The minimum Gasteiger partial charge on any atom is -0.505 e. The molecule has 160 valence electrons. The van der Waals surface area contributed by atoms with Crippen molar-refractivity contribution in [1.29, 1.82) is 0 Å². The lowest BCUT2D eigenvalue weighted by Crippen LogP contribution is -2.35. The number of hydrogen-bond acceptors (Lipinski definition) is 5. The number of ketones is 1. The van der Waals surface area contributed by atoms with Crippen LogP contribution in [0.3, 0.4) is 0 Å². The van der Waals surface area contributed by atoms with E-state index in [9.17, 15) is 14.7 Å². The highest BCUT2D eigenvalue weighted by Crippen LogP contribution is 2.39. The van der Waals surface area contributed by atoms with Crippen LogP contribution >= 0.6 is 0 Å². The molecule has 0 unspecified atom stereocenters. The number of amides is 1. The average molecular weight is 418 g/mol. The SMILES string of the molecule is Cc1ccc([C@@H]2C(=C(O)c3c(C)nc4ccccn34)C(=O)C(=O)N2CCN(C)C)cc1. The molecule has 3 aromatic rings. The maximum absolute atomic E-state index is 13.1. The number of benzene rings is 1. The highest BCUT2D eigenvalue weighted by Gasteiger charge is 2.46. The number of aryl methyl sites for hydroxylation is 2. The van der Waals surface area contributed by atoms with E-state index in [1.807, 2.05) is 68.4 Å². The van der Waals surface area contributed by atoms with E-state index in [-0.39, 0.29) is 11.3 Å². The number of fused-ring (bicyclic) bond motifs is 1. The summed E-state index contributed by atoms with van der Waals surface area (Å²) >= 11 is 0. The zero-order valence-electron chi connectivity index (χ0n) is 18.2. The molecule has 3 heterocycles. The number of carbonyl (C=O) groups is 2. The second-order valence-electron chi connectivity index (χ2n) is 8.18. The van der Waals surface area contributed by atoms with Crippen LogP contribution in [-0.4, -0.2) is 63.2 Å². The van der Waals surface area contributed by atoms with Gasteiger partial charge in [-0.15, -0.1) is 0 Å². The van der Waals surface area contributed by atoms with Gasteiger partial charge in [-0.25, -0.2) is 4.98 Å². The van der Waals surface area contributed by atoms with Crippen LogP contribution in [0.4, 0.5) is 0 Å². The Labute approximate surface area is 181 Å². The molecule has 7 nitrogen and oxygen atoms in total. The lowest BCUT2D eigenvalue weighted by molar-refractivity contribution is -0.140. The third-order valence-electron chi connectivity index (χ3n) is 5.65. The number of aromatic nitrogens is 2. The maximum atomic E-state index is 13.1. The summed E-state index contributed by atoms with van der Waals surface area (Å²) in [5, 5.41) is 11.4. The molecule has 0 bridgehead atoms. The minimum absolute atomic E-state index is 0.0985. The number of likely N-dealkylation sites (tertiary alicyclic amines) is 1. The number of likely N-dealkylation sites (N-methyl/N-ethyl adjacent to an activating group) is 1. The summed E-state index contributed by atoms with van der Waals surface area (Å²) in [5.41, 5.74) is 3.64. The van der Waals surface area contributed by atoms with Gasteiger partial charge in [0.25, 0.3) is 11.7 Å². The number of pyridine rings is 1. The maximum Gasteiger partial charge on any atom is 0.295 e. The van der Waals surface area contributed by atoms with Gasteiger partial charge in [0.15, 0.2) is 5.76 Å². The number of rotatable bonds is 5. The molecule has 1 aliphatic heterocycles. The smallest absolute Gasteiger partial charge is 0.295 e. The van der Waals surface area contributed by atoms with Crippen molar-refractivity contribution in [2.45, 2.75) is 19.9 Å². The lowest BCUT2D eigenvalue weighted by atomic mass is 9.95. The van der Waals surface area contributed by atoms with Crippen molar-refractivity contribution in [2.75, 3.05) is 27.2 Å². The number of aliphatic hydroxyl groups excluding tert-OH is 1. The number of carbonyl (C=O) groups excluding carboxylic acids is 2. The molecule has 1 fully saturated rings. The van der Waals surface area contributed by atoms with Gasteiger partial charge in [0.2, 0.25) is 0 Å². The number of Topliss-reactive ketones (excluding diaryl/α,β-unsaturated/α-hetero) is 1. The molecule has 1 N–H and O–H groups in total. The number of imidazole rings is 1.